The van der Waals surface area contributed by atoms with E-state index in [1.165, 1.54) is 10.7 Å². The summed E-state index contributed by atoms with van der Waals surface area (Å²) in [6, 6.07) is 11.1. The van der Waals surface area contributed by atoms with Crippen molar-refractivity contribution >= 4 is 11.6 Å². The Morgan fingerprint density at radius 1 is 1.16 bits per heavy atom. The molecule has 6 heteroatoms. The van der Waals surface area contributed by atoms with Crippen molar-refractivity contribution in [3.8, 4) is 16.9 Å². The van der Waals surface area contributed by atoms with Gasteiger partial charge in [-0.05, 0) is 5.56 Å². The van der Waals surface area contributed by atoms with Crippen molar-refractivity contribution < 1.29 is 0 Å². The van der Waals surface area contributed by atoms with E-state index >= 15 is 0 Å². The smallest absolute Gasteiger partial charge is 0.227 e. The predicted molar refractivity (Wildman–Crippen MR) is 72.4 cm³/mol. The summed E-state index contributed by atoms with van der Waals surface area (Å²) in [6.45, 7) is 0. The fourth-order valence-corrected chi connectivity index (χ4v) is 1.90. The summed E-state index contributed by atoms with van der Waals surface area (Å²) in [5, 5.41) is 10.8. The van der Waals surface area contributed by atoms with Crippen LogP contribution in [-0.4, -0.2) is 20.0 Å². The van der Waals surface area contributed by atoms with Gasteiger partial charge in [0.15, 0.2) is 0 Å². The lowest BCUT2D eigenvalue weighted by atomic mass is 10.1. The first-order valence-corrected chi connectivity index (χ1v) is 5.97. The van der Waals surface area contributed by atoms with Crippen molar-refractivity contribution in [2.24, 2.45) is 0 Å². The van der Waals surface area contributed by atoms with Crippen molar-refractivity contribution in [2.45, 2.75) is 0 Å². The standard InChI is InChI=1S/C13H9ClN4O/c14-12-6-11(19)13(17-16-12)18-8-10(7-15-18)9-4-2-1-3-5-9/h1-8H,(H,16,19). The van der Waals surface area contributed by atoms with E-state index in [2.05, 4.69) is 15.3 Å². The fraction of sp³-hybridized carbons (Fsp3) is 0. The molecule has 19 heavy (non-hydrogen) atoms. The van der Waals surface area contributed by atoms with E-state index in [1.807, 2.05) is 30.3 Å². The van der Waals surface area contributed by atoms with Crippen LogP contribution < -0.4 is 5.43 Å². The third kappa shape index (κ3) is 2.28. The molecule has 5 nitrogen and oxygen atoms in total. The fourth-order valence-electron chi connectivity index (χ4n) is 1.76. The molecule has 0 amide bonds. The third-order valence-electron chi connectivity index (χ3n) is 2.65. The molecular formula is C13H9ClN4O. The molecule has 0 fully saturated rings. The maximum absolute atomic E-state index is 11.8. The van der Waals surface area contributed by atoms with E-state index < -0.39 is 0 Å². The van der Waals surface area contributed by atoms with E-state index in [1.54, 1.807) is 12.4 Å². The predicted octanol–water partition coefficient (Wildman–Crippen LogP) is 2.28. The van der Waals surface area contributed by atoms with Crippen LogP contribution in [0.5, 0.6) is 0 Å². The molecule has 1 N–H and O–H groups in total. The first-order chi connectivity index (χ1) is 9.24. The first kappa shape index (κ1) is 11.7. The molecule has 0 unspecified atom stereocenters. The second kappa shape index (κ2) is 4.70. The van der Waals surface area contributed by atoms with Gasteiger partial charge in [-0.2, -0.15) is 10.2 Å². The molecule has 0 bridgehead atoms. The number of H-pyrrole nitrogens is 1. The number of aromatic nitrogens is 4. The summed E-state index contributed by atoms with van der Waals surface area (Å²) in [4.78, 5) is 11.8. The minimum atomic E-state index is -0.286. The molecule has 0 saturated carbocycles. The van der Waals surface area contributed by atoms with Crippen LogP contribution in [0.15, 0.2) is 53.6 Å². The molecule has 1 aromatic carbocycles. The van der Waals surface area contributed by atoms with E-state index in [-0.39, 0.29) is 16.4 Å². The zero-order chi connectivity index (χ0) is 13.2. The Kier molecular flexibility index (Phi) is 2.89. The Morgan fingerprint density at radius 3 is 2.68 bits per heavy atom. The number of nitrogens with zero attached hydrogens (tertiary/aromatic N) is 3. The number of nitrogens with one attached hydrogen (secondary N) is 1. The van der Waals surface area contributed by atoms with Gasteiger partial charge < -0.3 is 0 Å². The van der Waals surface area contributed by atoms with Gasteiger partial charge in [-0.15, -0.1) is 0 Å². The lowest BCUT2D eigenvalue weighted by molar-refractivity contribution is 0.805. The van der Waals surface area contributed by atoms with Gasteiger partial charge in [-0.3, -0.25) is 9.89 Å². The van der Waals surface area contributed by atoms with E-state index in [0.717, 1.165) is 11.1 Å². The van der Waals surface area contributed by atoms with E-state index in [0.29, 0.717) is 0 Å². The molecule has 2 aromatic heterocycles. The number of halogens is 1. The number of benzene rings is 1. The monoisotopic (exact) mass is 272 g/mol. The van der Waals surface area contributed by atoms with Gasteiger partial charge in [0.05, 0.1) is 6.20 Å². The summed E-state index contributed by atoms with van der Waals surface area (Å²) < 4.78 is 1.43. The van der Waals surface area contributed by atoms with Crippen molar-refractivity contribution in [1.29, 1.82) is 0 Å². The quantitative estimate of drug-likeness (QED) is 0.778. The van der Waals surface area contributed by atoms with Crippen LogP contribution in [0, 0.1) is 0 Å². The van der Waals surface area contributed by atoms with Crippen LogP contribution in [0.4, 0.5) is 0 Å². The number of hydrogen-bond donors (Lipinski definition) is 1. The maximum Gasteiger partial charge on any atom is 0.227 e. The molecule has 3 aromatic rings. The molecule has 0 atom stereocenters. The number of hydrogen-bond acceptors (Lipinski definition) is 3. The average molecular weight is 273 g/mol. The minimum absolute atomic E-state index is 0.187. The summed E-state index contributed by atoms with van der Waals surface area (Å²) in [7, 11) is 0. The largest absolute Gasteiger partial charge is 0.286 e. The Hall–Kier alpha value is -2.40. The van der Waals surface area contributed by atoms with Gasteiger partial charge >= 0.3 is 0 Å². The molecule has 0 spiro atoms. The normalized spacial score (nSPS) is 10.6. The Bertz CT molecular complexity index is 764. The molecule has 0 saturated heterocycles. The van der Waals surface area contributed by atoms with Gasteiger partial charge in [0, 0.05) is 17.8 Å². The zero-order valence-corrected chi connectivity index (χ0v) is 10.5. The molecule has 0 aliphatic rings. The summed E-state index contributed by atoms with van der Waals surface area (Å²) in [5.74, 6) is 0.187. The number of aromatic amines is 1. The van der Waals surface area contributed by atoms with Crippen molar-refractivity contribution in [3.05, 3.63) is 64.2 Å². The van der Waals surface area contributed by atoms with Crippen LogP contribution in [0.1, 0.15) is 0 Å². The summed E-state index contributed by atoms with van der Waals surface area (Å²) in [5.41, 5.74) is 1.65. The van der Waals surface area contributed by atoms with Crippen molar-refractivity contribution in [2.75, 3.05) is 0 Å². The highest BCUT2D eigenvalue weighted by Gasteiger charge is 2.08. The molecule has 2 heterocycles. The highest BCUT2D eigenvalue weighted by Crippen LogP contribution is 2.18. The highest BCUT2D eigenvalue weighted by molar-refractivity contribution is 6.29. The SMILES string of the molecule is O=c1cc(Cl)[nH]nc1-n1cc(-c2ccccc2)cn1. The van der Waals surface area contributed by atoms with Crippen molar-refractivity contribution in [1.82, 2.24) is 20.0 Å². The maximum atomic E-state index is 11.8. The second-order valence-corrected chi connectivity index (χ2v) is 4.35. The van der Waals surface area contributed by atoms with Gasteiger partial charge in [0.1, 0.15) is 5.15 Å². The van der Waals surface area contributed by atoms with Crippen LogP contribution in [0.3, 0.4) is 0 Å². The summed E-state index contributed by atoms with van der Waals surface area (Å²) in [6.07, 6.45) is 3.44. The minimum Gasteiger partial charge on any atom is -0.286 e. The summed E-state index contributed by atoms with van der Waals surface area (Å²) >= 11 is 5.66. The lowest BCUT2D eigenvalue weighted by Gasteiger charge is -1.98. The molecule has 0 radical (unpaired) electrons. The van der Waals surface area contributed by atoms with Crippen LogP contribution in [-0.2, 0) is 0 Å². The van der Waals surface area contributed by atoms with Gasteiger partial charge in [0.25, 0.3) is 0 Å². The van der Waals surface area contributed by atoms with E-state index in [4.69, 9.17) is 11.6 Å². The van der Waals surface area contributed by atoms with E-state index in [9.17, 15) is 4.79 Å². The molecule has 94 valence electrons. The average Bonchev–Trinajstić information content (AvgIpc) is 2.89. The van der Waals surface area contributed by atoms with Crippen LogP contribution in [0.25, 0.3) is 16.9 Å². The molecule has 0 aliphatic carbocycles. The second-order valence-electron chi connectivity index (χ2n) is 3.94. The topological polar surface area (TPSA) is 63.6 Å². The van der Waals surface area contributed by atoms with Gasteiger partial charge in [0.2, 0.25) is 11.2 Å². The van der Waals surface area contributed by atoms with Crippen LogP contribution in [0.2, 0.25) is 5.15 Å². The van der Waals surface area contributed by atoms with Crippen molar-refractivity contribution in [3.63, 3.8) is 0 Å². The van der Waals surface area contributed by atoms with Gasteiger partial charge in [-0.25, -0.2) is 4.68 Å². The Labute approximate surface area is 113 Å². The highest BCUT2D eigenvalue weighted by atomic mass is 35.5. The Morgan fingerprint density at radius 2 is 1.95 bits per heavy atom. The number of rotatable bonds is 2. The lowest BCUT2D eigenvalue weighted by Crippen LogP contribution is -2.14. The Balaban J connectivity index is 2.04. The molecule has 0 aliphatic heterocycles. The third-order valence-corrected chi connectivity index (χ3v) is 2.85. The molecular weight excluding hydrogens is 264 g/mol. The van der Waals surface area contributed by atoms with Gasteiger partial charge in [-0.1, -0.05) is 41.9 Å². The molecule has 3 rings (SSSR count). The van der Waals surface area contributed by atoms with Crippen LogP contribution >= 0.6 is 11.6 Å². The first-order valence-electron chi connectivity index (χ1n) is 5.60. The zero-order valence-electron chi connectivity index (χ0n) is 9.75.